The second kappa shape index (κ2) is 12.6. The van der Waals surface area contributed by atoms with E-state index in [2.05, 4.69) is 28.0 Å². The molecule has 2 fully saturated rings. The van der Waals surface area contributed by atoms with Crippen molar-refractivity contribution >= 4 is 52.1 Å². The van der Waals surface area contributed by atoms with Gasteiger partial charge in [0.05, 0.1) is 11.3 Å². The Morgan fingerprint density at radius 3 is 2.46 bits per heavy atom. The maximum atomic E-state index is 13.4. The molecule has 2 aliphatic heterocycles. The molecule has 1 amide bonds. The SMILES string of the molecule is CCCn1c(N2CCN(Cc3ccccc3)CC2)c(/C=C2/SC(=S)N(CCC(=O)O)C2=O)c(C)c(C#N)c1=O. The molecule has 0 radical (unpaired) electrons. The van der Waals surface area contributed by atoms with Crippen LogP contribution in [0.15, 0.2) is 40.0 Å². The number of thiocarbonyl (C=S) groups is 1. The number of amides is 1. The third-order valence-electron chi connectivity index (χ3n) is 6.91. The molecular formula is C28H31N5O4S2. The van der Waals surface area contributed by atoms with Gasteiger partial charge in [-0.05, 0) is 30.5 Å². The molecule has 9 nitrogen and oxygen atoms in total. The van der Waals surface area contributed by atoms with Gasteiger partial charge in [-0.15, -0.1) is 0 Å². The second-order valence-electron chi connectivity index (χ2n) is 9.53. The third kappa shape index (κ3) is 6.24. The van der Waals surface area contributed by atoms with Crippen molar-refractivity contribution < 1.29 is 14.7 Å². The number of carboxylic acids is 1. The van der Waals surface area contributed by atoms with Crippen LogP contribution in [-0.2, 0) is 22.7 Å². The Morgan fingerprint density at radius 1 is 1.15 bits per heavy atom. The summed E-state index contributed by atoms with van der Waals surface area (Å²) in [6, 6.07) is 12.4. The van der Waals surface area contributed by atoms with Crippen LogP contribution in [0.2, 0.25) is 0 Å². The molecule has 0 spiro atoms. The molecule has 11 heteroatoms. The molecule has 1 aromatic carbocycles. The number of carbonyl (C=O) groups is 2. The number of nitrogens with zero attached hydrogens (tertiary/aromatic N) is 5. The molecule has 4 rings (SSSR count). The molecule has 204 valence electrons. The molecule has 39 heavy (non-hydrogen) atoms. The van der Waals surface area contributed by atoms with Gasteiger partial charge in [0.15, 0.2) is 0 Å². The fraction of sp³-hybridized carbons (Fsp3) is 0.393. The average molecular weight is 566 g/mol. The number of hydrogen-bond donors (Lipinski definition) is 1. The normalized spacial score (nSPS) is 17.2. The zero-order valence-electron chi connectivity index (χ0n) is 22.1. The largest absolute Gasteiger partial charge is 0.481 e. The summed E-state index contributed by atoms with van der Waals surface area (Å²) in [6.45, 7) is 7.95. The molecule has 1 N–H and O–H groups in total. The predicted molar refractivity (Wildman–Crippen MR) is 157 cm³/mol. The van der Waals surface area contributed by atoms with Gasteiger partial charge in [0.2, 0.25) is 0 Å². The molecule has 3 heterocycles. The fourth-order valence-corrected chi connectivity index (χ4v) is 6.20. The third-order valence-corrected chi connectivity index (χ3v) is 8.29. The minimum Gasteiger partial charge on any atom is -0.481 e. The molecule has 2 aliphatic rings. The van der Waals surface area contributed by atoms with Crippen LogP contribution in [0, 0.1) is 18.3 Å². The van der Waals surface area contributed by atoms with Gasteiger partial charge in [0, 0.05) is 51.4 Å². The van der Waals surface area contributed by atoms with Crippen molar-refractivity contribution in [3.8, 4) is 6.07 Å². The van der Waals surface area contributed by atoms with E-state index in [9.17, 15) is 19.6 Å². The molecule has 1 aromatic heterocycles. The Bertz CT molecular complexity index is 1410. The zero-order chi connectivity index (χ0) is 28.1. The summed E-state index contributed by atoms with van der Waals surface area (Å²) in [5, 5.41) is 18.9. The molecule has 0 saturated carbocycles. The monoisotopic (exact) mass is 565 g/mol. The smallest absolute Gasteiger partial charge is 0.305 e. The molecule has 0 bridgehead atoms. The highest BCUT2D eigenvalue weighted by atomic mass is 32.2. The number of nitriles is 1. The molecular weight excluding hydrogens is 534 g/mol. The van der Waals surface area contributed by atoms with Crippen LogP contribution in [0.4, 0.5) is 5.82 Å². The lowest BCUT2D eigenvalue weighted by Crippen LogP contribution is -2.48. The first-order valence-corrected chi connectivity index (χ1v) is 14.1. The Balaban J connectivity index is 1.71. The van der Waals surface area contributed by atoms with Crippen LogP contribution >= 0.6 is 24.0 Å². The van der Waals surface area contributed by atoms with Crippen molar-refractivity contribution in [3.63, 3.8) is 0 Å². The van der Waals surface area contributed by atoms with Crippen molar-refractivity contribution in [1.29, 1.82) is 5.26 Å². The van der Waals surface area contributed by atoms with Gasteiger partial charge in [-0.2, -0.15) is 5.26 Å². The molecule has 0 atom stereocenters. The molecule has 2 saturated heterocycles. The van der Waals surface area contributed by atoms with Gasteiger partial charge < -0.3 is 10.0 Å². The van der Waals surface area contributed by atoms with Crippen LogP contribution in [-0.4, -0.2) is 68.4 Å². The summed E-state index contributed by atoms with van der Waals surface area (Å²) < 4.78 is 1.96. The van der Waals surface area contributed by atoms with Gasteiger partial charge in [-0.25, -0.2) is 0 Å². The Morgan fingerprint density at radius 2 is 1.85 bits per heavy atom. The van der Waals surface area contributed by atoms with Crippen molar-refractivity contribution in [2.24, 2.45) is 0 Å². The summed E-state index contributed by atoms with van der Waals surface area (Å²) in [5.74, 6) is -0.674. The number of benzene rings is 1. The molecule has 0 aliphatic carbocycles. The quantitative estimate of drug-likeness (QED) is 0.361. The van der Waals surface area contributed by atoms with E-state index < -0.39 is 5.97 Å². The Labute approximate surface area is 237 Å². The maximum absolute atomic E-state index is 13.4. The maximum Gasteiger partial charge on any atom is 0.305 e. The van der Waals surface area contributed by atoms with E-state index in [0.717, 1.165) is 31.4 Å². The number of pyridine rings is 1. The summed E-state index contributed by atoms with van der Waals surface area (Å²) in [5.41, 5.74) is 2.14. The second-order valence-corrected chi connectivity index (χ2v) is 11.2. The van der Waals surface area contributed by atoms with E-state index in [0.29, 0.717) is 52.2 Å². The van der Waals surface area contributed by atoms with Crippen molar-refractivity contribution in [3.05, 3.63) is 67.8 Å². The number of anilines is 1. The van der Waals surface area contributed by atoms with Gasteiger partial charge in [0.1, 0.15) is 21.8 Å². The lowest BCUT2D eigenvalue weighted by atomic mass is 10.0. The molecule has 0 unspecified atom stereocenters. The highest BCUT2D eigenvalue weighted by Crippen LogP contribution is 2.36. The Hall–Kier alpha value is -3.46. The number of aliphatic carboxylic acids is 1. The van der Waals surface area contributed by atoms with Crippen LogP contribution in [0.5, 0.6) is 0 Å². The predicted octanol–water partition coefficient (Wildman–Crippen LogP) is 3.44. The highest BCUT2D eigenvalue weighted by molar-refractivity contribution is 8.26. The van der Waals surface area contributed by atoms with Crippen LogP contribution in [0.3, 0.4) is 0 Å². The number of carbonyl (C=O) groups excluding carboxylic acids is 1. The first-order valence-electron chi connectivity index (χ1n) is 12.9. The summed E-state index contributed by atoms with van der Waals surface area (Å²) in [4.78, 5) is 43.8. The number of carboxylic acid groups (broad SMARTS) is 1. The van der Waals surface area contributed by atoms with Crippen molar-refractivity contribution in [2.45, 2.75) is 39.8 Å². The number of aromatic nitrogens is 1. The summed E-state index contributed by atoms with van der Waals surface area (Å²) in [6.07, 6.45) is 2.20. The topological polar surface area (TPSA) is 110 Å². The number of rotatable bonds is 9. The van der Waals surface area contributed by atoms with Crippen LogP contribution in [0.25, 0.3) is 6.08 Å². The standard InChI is InChI=1S/C28H31N5O4S2/c1-3-10-32-25(31-14-12-30(13-15-31)18-20-7-5-4-6-8-20)21(19(2)22(17-29)26(32)36)16-23-27(37)33(28(38)39-23)11-9-24(34)35/h4-8,16H,3,9-15,18H2,1-2H3,(H,34,35)/b23-16+. The average Bonchev–Trinajstić information content (AvgIpc) is 3.19. The number of piperazine rings is 1. The lowest BCUT2D eigenvalue weighted by molar-refractivity contribution is -0.137. The van der Waals surface area contributed by atoms with Gasteiger partial charge in [0.25, 0.3) is 11.5 Å². The number of thioether (sulfide) groups is 1. The summed E-state index contributed by atoms with van der Waals surface area (Å²) >= 11 is 6.48. The van der Waals surface area contributed by atoms with Crippen LogP contribution < -0.4 is 10.5 Å². The lowest BCUT2D eigenvalue weighted by Gasteiger charge is -2.38. The van der Waals surface area contributed by atoms with Gasteiger partial charge in [-0.1, -0.05) is 61.2 Å². The van der Waals surface area contributed by atoms with Crippen LogP contribution in [0.1, 0.15) is 42.0 Å². The Kier molecular flexibility index (Phi) is 9.22. The zero-order valence-corrected chi connectivity index (χ0v) is 23.7. The van der Waals surface area contributed by atoms with Crippen molar-refractivity contribution in [1.82, 2.24) is 14.4 Å². The molecule has 2 aromatic rings. The summed E-state index contributed by atoms with van der Waals surface area (Å²) in [7, 11) is 0. The minimum atomic E-state index is -1.01. The van der Waals surface area contributed by atoms with E-state index in [1.54, 1.807) is 17.6 Å². The minimum absolute atomic E-state index is 0.00860. The van der Waals surface area contributed by atoms with E-state index in [1.165, 1.54) is 10.5 Å². The number of hydrogen-bond acceptors (Lipinski definition) is 8. The van der Waals surface area contributed by atoms with Crippen molar-refractivity contribution in [2.75, 3.05) is 37.6 Å². The van der Waals surface area contributed by atoms with E-state index >= 15 is 0 Å². The van der Waals surface area contributed by atoms with Gasteiger partial charge in [-0.3, -0.25) is 28.8 Å². The van der Waals surface area contributed by atoms with E-state index in [1.807, 2.05) is 25.1 Å². The van der Waals surface area contributed by atoms with Gasteiger partial charge >= 0.3 is 5.97 Å². The fourth-order valence-electron chi connectivity index (χ4n) is 4.91. The first-order chi connectivity index (χ1) is 18.7. The highest BCUT2D eigenvalue weighted by Gasteiger charge is 2.34. The van der Waals surface area contributed by atoms with E-state index in [-0.39, 0.29) is 30.0 Å². The first kappa shape index (κ1) is 28.5. The van der Waals surface area contributed by atoms with E-state index in [4.69, 9.17) is 17.3 Å².